The quantitative estimate of drug-likeness (QED) is 0.721. The number of aliphatic imine (C=N–C) groups is 1. The Kier molecular flexibility index (Phi) is 5.45. The topological polar surface area (TPSA) is 71.0 Å². The molecule has 8 heteroatoms. The average Bonchev–Trinajstić information content (AvgIpc) is 3.46. The molecule has 0 radical (unpaired) electrons. The summed E-state index contributed by atoms with van der Waals surface area (Å²) in [4.78, 5) is 31.3. The van der Waals surface area contributed by atoms with Crippen molar-refractivity contribution in [2.24, 2.45) is 10.9 Å². The molecule has 1 aromatic carbocycles. The summed E-state index contributed by atoms with van der Waals surface area (Å²) in [7, 11) is 1.29. The lowest BCUT2D eigenvalue weighted by Crippen LogP contribution is -2.38. The molecule has 4 rings (SSSR count). The number of benzene rings is 1. The second kappa shape index (κ2) is 8.02. The van der Waals surface area contributed by atoms with Crippen molar-refractivity contribution in [2.75, 3.05) is 13.7 Å². The Balaban J connectivity index is 1.68. The van der Waals surface area contributed by atoms with Crippen molar-refractivity contribution in [1.29, 1.82) is 0 Å². The number of amides is 1. The first kappa shape index (κ1) is 19.7. The number of carbonyl (C=O) groups excluding carboxylic acids is 2. The first-order chi connectivity index (χ1) is 14.0. The second-order valence-corrected chi connectivity index (χ2v) is 8.17. The monoisotopic (exact) mass is 415 g/mol. The van der Waals surface area contributed by atoms with Gasteiger partial charge in [-0.3, -0.25) is 4.79 Å². The third-order valence-corrected chi connectivity index (χ3v) is 6.12. The van der Waals surface area contributed by atoms with E-state index in [1.807, 2.05) is 5.41 Å². The van der Waals surface area contributed by atoms with E-state index in [1.165, 1.54) is 24.9 Å². The minimum absolute atomic E-state index is 0.0943. The van der Waals surface area contributed by atoms with E-state index in [9.17, 15) is 14.0 Å². The van der Waals surface area contributed by atoms with E-state index in [0.29, 0.717) is 34.6 Å². The number of nitrogens with zero attached hydrogens (tertiary/aromatic N) is 2. The Bertz CT molecular complexity index is 952. The number of ether oxygens (including phenoxy) is 1. The highest BCUT2D eigenvalue weighted by molar-refractivity contribution is 8.16. The van der Waals surface area contributed by atoms with Crippen LogP contribution in [0.3, 0.4) is 0 Å². The second-order valence-electron chi connectivity index (χ2n) is 7.33. The van der Waals surface area contributed by atoms with Crippen LogP contribution in [0.2, 0.25) is 0 Å². The normalized spacial score (nSPS) is 20.8. The standard InChI is InChI=1S/C21H22FN3O3S/c1-12-18(20(27)28-2)19(15-5-3-4-6-16(15)22)25-14(11-29-21(25)24-12)9-17(26)23-10-13-7-8-13/h3-6,11,13,19H,7-10H2,1-2H3,(H,23,26)/t19-/m0/s1. The van der Waals surface area contributed by atoms with Gasteiger partial charge in [0.15, 0.2) is 5.17 Å². The highest BCUT2D eigenvalue weighted by atomic mass is 32.2. The van der Waals surface area contributed by atoms with Gasteiger partial charge in [0, 0.05) is 17.8 Å². The molecule has 1 saturated carbocycles. The van der Waals surface area contributed by atoms with Gasteiger partial charge >= 0.3 is 5.97 Å². The first-order valence-electron chi connectivity index (χ1n) is 9.53. The van der Waals surface area contributed by atoms with Crippen molar-refractivity contribution in [3.05, 3.63) is 58.0 Å². The lowest BCUT2D eigenvalue weighted by atomic mass is 9.93. The molecule has 0 bridgehead atoms. The molecule has 152 valence electrons. The Morgan fingerprint density at radius 1 is 1.34 bits per heavy atom. The highest BCUT2D eigenvalue weighted by Gasteiger charge is 2.42. The SMILES string of the molecule is COC(=O)C1=C(C)N=C2SC=C(CC(=O)NCC3CC3)N2[C@H]1c1ccccc1F. The van der Waals surface area contributed by atoms with Crippen molar-refractivity contribution < 1.29 is 18.7 Å². The molecular weight excluding hydrogens is 393 g/mol. The predicted molar refractivity (Wildman–Crippen MR) is 109 cm³/mol. The maximum absolute atomic E-state index is 14.8. The van der Waals surface area contributed by atoms with E-state index in [1.54, 1.807) is 30.0 Å². The lowest BCUT2D eigenvalue weighted by Gasteiger charge is -2.36. The lowest BCUT2D eigenvalue weighted by molar-refractivity contribution is -0.136. The van der Waals surface area contributed by atoms with Gasteiger partial charge in [0.1, 0.15) is 5.82 Å². The summed E-state index contributed by atoms with van der Waals surface area (Å²) in [6, 6.07) is 5.59. The fourth-order valence-electron chi connectivity index (χ4n) is 3.54. The van der Waals surface area contributed by atoms with Gasteiger partial charge in [-0.25, -0.2) is 14.2 Å². The van der Waals surface area contributed by atoms with Crippen LogP contribution in [0.15, 0.2) is 51.6 Å². The summed E-state index contributed by atoms with van der Waals surface area (Å²) in [5.74, 6) is -0.501. The number of hydrogen-bond donors (Lipinski definition) is 1. The van der Waals surface area contributed by atoms with E-state index in [2.05, 4.69) is 10.3 Å². The number of hydrogen-bond acceptors (Lipinski definition) is 6. The number of rotatable bonds is 6. The van der Waals surface area contributed by atoms with E-state index in [-0.39, 0.29) is 17.9 Å². The van der Waals surface area contributed by atoms with E-state index < -0.39 is 17.8 Å². The van der Waals surface area contributed by atoms with E-state index >= 15 is 0 Å². The molecule has 1 atom stereocenters. The van der Waals surface area contributed by atoms with Crippen molar-refractivity contribution >= 4 is 28.8 Å². The molecule has 0 spiro atoms. The maximum atomic E-state index is 14.8. The van der Waals surface area contributed by atoms with Crippen molar-refractivity contribution in [3.63, 3.8) is 0 Å². The van der Waals surface area contributed by atoms with Gasteiger partial charge in [0.05, 0.1) is 30.8 Å². The molecule has 2 heterocycles. The van der Waals surface area contributed by atoms with Crippen LogP contribution in [0.4, 0.5) is 4.39 Å². The number of halogens is 1. The zero-order valence-electron chi connectivity index (χ0n) is 16.3. The van der Waals surface area contributed by atoms with Gasteiger partial charge in [0.2, 0.25) is 5.91 Å². The summed E-state index contributed by atoms with van der Waals surface area (Å²) < 4.78 is 19.7. The number of carbonyl (C=O) groups is 2. The number of amidine groups is 1. The van der Waals surface area contributed by atoms with Crippen LogP contribution in [0.5, 0.6) is 0 Å². The van der Waals surface area contributed by atoms with Crippen LogP contribution in [-0.4, -0.2) is 35.6 Å². The minimum atomic E-state index is -0.742. The fraction of sp³-hybridized carbons (Fsp3) is 0.381. The Hall–Kier alpha value is -2.61. The Morgan fingerprint density at radius 3 is 2.79 bits per heavy atom. The first-order valence-corrected chi connectivity index (χ1v) is 10.4. The smallest absolute Gasteiger partial charge is 0.338 e. The zero-order chi connectivity index (χ0) is 20.5. The van der Waals surface area contributed by atoms with E-state index in [4.69, 9.17) is 4.74 Å². The van der Waals surface area contributed by atoms with Crippen molar-refractivity contribution in [2.45, 2.75) is 32.2 Å². The van der Waals surface area contributed by atoms with Gasteiger partial charge < -0.3 is 15.0 Å². The molecular formula is C21H22FN3O3S. The van der Waals surface area contributed by atoms with Crippen LogP contribution in [-0.2, 0) is 14.3 Å². The average molecular weight is 415 g/mol. The van der Waals surface area contributed by atoms with Crippen LogP contribution in [0.25, 0.3) is 0 Å². The van der Waals surface area contributed by atoms with Gasteiger partial charge in [0.25, 0.3) is 0 Å². The van der Waals surface area contributed by atoms with Gasteiger partial charge in [-0.1, -0.05) is 30.0 Å². The van der Waals surface area contributed by atoms with Crippen LogP contribution in [0, 0.1) is 11.7 Å². The molecule has 6 nitrogen and oxygen atoms in total. The van der Waals surface area contributed by atoms with Gasteiger partial charge in [-0.05, 0) is 37.2 Å². The molecule has 1 aliphatic carbocycles. The number of allylic oxidation sites excluding steroid dienone is 1. The summed E-state index contributed by atoms with van der Waals surface area (Å²) in [5, 5.41) is 5.42. The summed E-state index contributed by atoms with van der Waals surface area (Å²) in [6.07, 6.45) is 2.45. The third kappa shape index (κ3) is 3.94. The predicted octanol–water partition coefficient (Wildman–Crippen LogP) is 3.49. The molecule has 2 aliphatic heterocycles. The van der Waals surface area contributed by atoms with Gasteiger partial charge in [-0.2, -0.15) is 0 Å². The number of nitrogens with one attached hydrogen (secondary N) is 1. The fourth-order valence-corrected chi connectivity index (χ4v) is 4.50. The number of thioether (sulfide) groups is 1. The summed E-state index contributed by atoms with van der Waals surface area (Å²) in [6.45, 7) is 2.40. The third-order valence-electron chi connectivity index (χ3n) is 5.23. The summed E-state index contributed by atoms with van der Waals surface area (Å²) in [5.41, 5.74) is 1.78. The minimum Gasteiger partial charge on any atom is -0.466 e. The molecule has 29 heavy (non-hydrogen) atoms. The molecule has 1 amide bonds. The Labute approximate surface area is 172 Å². The van der Waals surface area contributed by atoms with Crippen LogP contribution in [0.1, 0.15) is 37.8 Å². The molecule has 0 aromatic heterocycles. The van der Waals surface area contributed by atoms with Crippen LogP contribution >= 0.6 is 11.8 Å². The molecule has 1 aromatic rings. The van der Waals surface area contributed by atoms with Gasteiger partial charge in [-0.15, -0.1) is 0 Å². The molecule has 0 unspecified atom stereocenters. The Morgan fingerprint density at radius 2 is 2.10 bits per heavy atom. The van der Waals surface area contributed by atoms with Crippen LogP contribution < -0.4 is 5.32 Å². The van der Waals surface area contributed by atoms with Crippen molar-refractivity contribution in [1.82, 2.24) is 10.2 Å². The molecule has 3 aliphatic rings. The van der Waals surface area contributed by atoms with Crippen molar-refractivity contribution in [3.8, 4) is 0 Å². The summed E-state index contributed by atoms with van der Waals surface area (Å²) >= 11 is 1.37. The zero-order valence-corrected chi connectivity index (χ0v) is 17.1. The number of esters is 1. The molecule has 1 fully saturated rings. The number of fused-ring (bicyclic) bond motifs is 1. The highest BCUT2D eigenvalue weighted by Crippen LogP contribution is 2.45. The molecule has 0 saturated heterocycles. The largest absolute Gasteiger partial charge is 0.466 e. The van der Waals surface area contributed by atoms with E-state index in [0.717, 1.165) is 12.8 Å². The maximum Gasteiger partial charge on any atom is 0.338 e. The molecule has 1 N–H and O–H groups in total. The number of methoxy groups -OCH3 is 1.